The fourth-order valence-electron chi connectivity index (χ4n) is 11.2. The maximum Gasteiger partial charge on any atom is 0.255 e. The Morgan fingerprint density at radius 1 is 1.04 bits per heavy atom. The van der Waals surface area contributed by atoms with E-state index >= 15 is 4.39 Å². The van der Waals surface area contributed by atoms with Gasteiger partial charge < -0.3 is 35.2 Å². The van der Waals surface area contributed by atoms with E-state index in [-0.39, 0.29) is 65.3 Å². The molecule has 5 amide bonds. The Hall–Kier alpha value is -5.98. The second-order valence-corrected chi connectivity index (χ2v) is 20.8. The smallest absolute Gasteiger partial charge is 0.255 e. The number of fused-ring (bicyclic) bond motifs is 3. The van der Waals surface area contributed by atoms with Crippen LogP contribution in [0.3, 0.4) is 0 Å². The molecule has 7 atom stereocenters. The largest absolute Gasteiger partial charge is 0.495 e. The summed E-state index contributed by atoms with van der Waals surface area (Å²) in [6.07, 6.45) is 1.73. The zero-order valence-corrected chi connectivity index (χ0v) is 39.6. The van der Waals surface area contributed by atoms with Crippen LogP contribution in [0.25, 0.3) is 0 Å². The van der Waals surface area contributed by atoms with E-state index < -0.39 is 46.6 Å². The number of halogens is 3. The Labute approximate surface area is 403 Å². The molecule has 4 aromatic carbocycles. The first-order valence-corrected chi connectivity index (χ1v) is 23.7. The first-order valence-electron chi connectivity index (χ1n) is 22.9. The van der Waals surface area contributed by atoms with Crippen molar-refractivity contribution in [2.75, 3.05) is 44.0 Å². The Kier molecular flexibility index (Phi) is 11.6. The number of piperidine rings is 1. The minimum atomic E-state index is -0.915. The SMILES string of the molecule is COc1cc(C(=O)N2CCO[C@]3(C[C@@H]3C#Cc3cccc4c3CN([C@H]3CCC(=O)NC3=O)C4=O)C2)ccc1NC(=O)[C@@H]1N[C@@H](CC(C)(C)C)[C@@]2(CNc3cc(Cl)ccc32)[C@H]1c1cccc(Cl)c1F. The first kappa shape index (κ1) is 45.8. The first-order chi connectivity index (χ1) is 32.5. The summed E-state index contributed by atoms with van der Waals surface area (Å²) in [7, 11) is 1.47. The van der Waals surface area contributed by atoms with Gasteiger partial charge in [0.2, 0.25) is 17.7 Å². The number of nitrogens with zero attached hydrogens (tertiary/aromatic N) is 2. The van der Waals surface area contributed by atoms with Crippen molar-refractivity contribution >= 4 is 64.1 Å². The summed E-state index contributed by atoms with van der Waals surface area (Å²) >= 11 is 12.9. The van der Waals surface area contributed by atoms with Crippen molar-refractivity contribution in [3.8, 4) is 17.6 Å². The number of morpholine rings is 1. The molecule has 68 heavy (non-hydrogen) atoms. The molecule has 2 spiro atoms. The van der Waals surface area contributed by atoms with Gasteiger partial charge >= 0.3 is 0 Å². The average molecular weight is 962 g/mol. The van der Waals surface area contributed by atoms with Gasteiger partial charge in [0.15, 0.2) is 0 Å². The lowest BCUT2D eigenvalue weighted by atomic mass is 9.63. The van der Waals surface area contributed by atoms with Gasteiger partial charge in [-0.05, 0) is 89.9 Å². The topological polar surface area (TPSA) is 158 Å². The second-order valence-electron chi connectivity index (χ2n) is 20.0. The third kappa shape index (κ3) is 7.96. The van der Waals surface area contributed by atoms with Crippen LogP contribution in [0, 0.1) is 29.0 Å². The quantitative estimate of drug-likeness (QED) is 0.113. The maximum absolute atomic E-state index is 16.3. The van der Waals surface area contributed by atoms with Crippen molar-refractivity contribution in [2.45, 2.75) is 88.1 Å². The van der Waals surface area contributed by atoms with Gasteiger partial charge in [0, 0.05) is 70.8 Å². The number of rotatable bonds is 7. The van der Waals surface area contributed by atoms with Gasteiger partial charge in [0.1, 0.15) is 23.2 Å². The maximum atomic E-state index is 16.3. The van der Waals surface area contributed by atoms with Gasteiger partial charge in [0.25, 0.3) is 11.8 Å². The molecule has 4 fully saturated rings. The lowest BCUT2D eigenvalue weighted by Gasteiger charge is -2.39. The number of hydrogen-bond acceptors (Lipinski definition) is 9. The summed E-state index contributed by atoms with van der Waals surface area (Å²) < 4.78 is 28.4. The fourth-order valence-corrected chi connectivity index (χ4v) is 11.6. The van der Waals surface area contributed by atoms with Crippen LogP contribution in [0.1, 0.15) is 95.3 Å². The van der Waals surface area contributed by atoms with Crippen molar-refractivity contribution in [3.63, 3.8) is 0 Å². The minimum absolute atomic E-state index is 0.0352. The van der Waals surface area contributed by atoms with E-state index in [4.69, 9.17) is 32.7 Å². The van der Waals surface area contributed by atoms with Crippen LogP contribution in [0.5, 0.6) is 5.75 Å². The van der Waals surface area contributed by atoms with Crippen LogP contribution >= 0.6 is 23.2 Å². The number of amides is 5. The molecule has 13 nitrogen and oxygen atoms in total. The van der Waals surface area contributed by atoms with Crippen molar-refractivity contribution in [2.24, 2.45) is 11.3 Å². The third-order valence-corrected chi connectivity index (χ3v) is 15.1. The molecule has 0 bridgehead atoms. The molecule has 5 heterocycles. The molecule has 0 radical (unpaired) electrons. The fraction of sp³-hybridized carbons (Fsp3) is 0.404. The molecule has 5 aliphatic heterocycles. The number of nitrogens with one attached hydrogen (secondary N) is 4. The number of methoxy groups -OCH3 is 1. The molecule has 16 heteroatoms. The average Bonchev–Trinajstić information content (AvgIpc) is 3.51. The molecule has 0 aromatic heterocycles. The third-order valence-electron chi connectivity index (χ3n) is 14.6. The molecule has 10 rings (SSSR count). The van der Waals surface area contributed by atoms with Crippen LogP contribution in [-0.4, -0.2) is 96.4 Å². The summed E-state index contributed by atoms with van der Waals surface area (Å²) in [5.74, 6) is 3.73. The van der Waals surface area contributed by atoms with Crippen molar-refractivity contribution in [3.05, 3.63) is 122 Å². The van der Waals surface area contributed by atoms with E-state index in [1.54, 1.807) is 47.4 Å². The Bertz CT molecular complexity index is 2880. The molecule has 1 saturated carbocycles. The van der Waals surface area contributed by atoms with E-state index in [1.165, 1.54) is 18.1 Å². The lowest BCUT2D eigenvalue weighted by Crippen LogP contribution is -2.52. The monoisotopic (exact) mass is 960 g/mol. The van der Waals surface area contributed by atoms with E-state index in [9.17, 15) is 24.0 Å². The van der Waals surface area contributed by atoms with Gasteiger partial charge in [-0.25, -0.2) is 4.39 Å². The predicted octanol–water partition coefficient (Wildman–Crippen LogP) is 7.05. The zero-order chi connectivity index (χ0) is 47.9. The Morgan fingerprint density at radius 3 is 2.63 bits per heavy atom. The predicted molar refractivity (Wildman–Crippen MR) is 254 cm³/mol. The minimum Gasteiger partial charge on any atom is -0.495 e. The van der Waals surface area contributed by atoms with Crippen molar-refractivity contribution in [1.82, 2.24) is 20.4 Å². The van der Waals surface area contributed by atoms with Crippen molar-refractivity contribution in [1.29, 1.82) is 0 Å². The summed E-state index contributed by atoms with van der Waals surface area (Å²) in [4.78, 5) is 70.0. The number of anilines is 2. The summed E-state index contributed by atoms with van der Waals surface area (Å²) in [6, 6.07) is 18.9. The number of benzene rings is 4. The molecule has 352 valence electrons. The molecule has 4 N–H and O–H groups in total. The van der Waals surface area contributed by atoms with Gasteiger partial charge in [0.05, 0.1) is 42.9 Å². The summed E-state index contributed by atoms with van der Waals surface area (Å²) in [5.41, 5.74) is 3.12. The Balaban J connectivity index is 0.864. The van der Waals surface area contributed by atoms with E-state index in [0.29, 0.717) is 72.0 Å². The van der Waals surface area contributed by atoms with Gasteiger partial charge in [-0.3, -0.25) is 29.3 Å². The highest BCUT2D eigenvalue weighted by Crippen LogP contribution is 2.57. The van der Waals surface area contributed by atoms with Crippen molar-refractivity contribution < 1.29 is 37.8 Å². The van der Waals surface area contributed by atoms with Gasteiger partial charge in [-0.2, -0.15) is 0 Å². The summed E-state index contributed by atoms with van der Waals surface area (Å²) in [6.45, 7) is 8.06. The second kappa shape index (κ2) is 17.2. The number of hydrogen-bond donors (Lipinski definition) is 4. The normalized spacial score (nSPS) is 27.0. The number of carbonyl (C=O) groups is 5. The van der Waals surface area contributed by atoms with Crippen LogP contribution in [-0.2, 0) is 31.1 Å². The van der Waals surface area contributed by atoms with Gasteiger partial charge in [-0.15, -0.1) is 0 Å². The van der Waals surface area contributed by atoms with Crippen LogP contribution in [0.2, 0.25) is 10.0 Å². The molecular weight excluding hydrogens is 911 g/mol. The highest BCUT2D eigenvalue weighted by atomic mass is 35.5. The number of ether oxygens (including phenoxy) is 2. The molecular formula is C52H51Cl2FN6O7. The highest BCUT2D eigenvalue weighted by Gasteiger charge is 2.62. The number of carbonyl (C=O) groups excluding carboxylic acids is 5. The molecule has 1 aliphatic carbocycles. The molecule has 6 aliphatic rings. The Morgan fingerprint density at radius 2 is 1.85 bits per heavy atom. The number of imide groups is 1. The zero-order valence-electron chi connectivity index (χ0n) is 38.1. The van der Waals surface area contributed by atoms with E-state index in [0.717, 1.165) is 16.8 Å². The summed E-state index contributed by atoms with van der Waals surface area (Å²) in [5, 5.41) is 13.1. The molecule has 3 saturated heterocycles. The lowest BCUT2D eigenvalue weighted by molar-refractivity contribution is -0.137. The molecule has 4 aromatic rings. The van der Waals surface area contributed by atoms with Crippen LogP contribution < -0.4 is 26.0 Å². The van der Waals surface area contributed by atoms with Gasteiger partial charge in [-0.1, -0.05) is 80.1 Å². The van der Waals surface area contributed by atoms with E-state index in [2.05, 4.69) is 53.9 Å². The highest BCUT2D eigenvalue weighted by molar-refractivity contribution is 6.31. The standard InChI is InChI=1S/C52H51Cl2FN6O7/c1-50(2,3)24-41-52(26-56-38-22-31(53)14-15-35(38)52)43(33-9-6-10-36(54)44(33)55)45(58-41)47(64)57-37-16-12-29(21-40(37)67-4)48(65)60-19-20-68-51(27-60)23-30(51)13-11-28-7-5-8-32-34(28)25-61(49(32)66)39-17-18-42(62)59-46(39)63/h5-10,12,14-16,21-22,30,39,41,43,45,56,58H,17-20,23-27H2,1-4H3,(H,57,64)(H,59,62,63)/t30-,39-,41-,43-,45+,51+,52-/m0/s1. The van der Waals surface area contributed by atoms with E-state index in [1.807, 2.05) is 24.3 Å². The van der Waals surface area contributed by atoms with Crippen LogP contribution in [0.4, 0.5) is 15.8 Å². The van der Waals surface area contributed by atoms with Crippen LogP contribution in [0.15, 0.2) is 72.8 Å². The molecule has 0 unspecified atom stereocenters.